The lowest BCUT2D eigenvalue weighted by atomic mass is 10.3. The van der Waals surface area contributed by atoms with Crippen molar-refractivity contribution in [2.24, 2.45) is 0 Å². The zero-order chi connectivity index (χ0) is 12.4. The number of aromatic nitrogens is 3. The lowest BCUT2D eigenvalue weighted by molar-refractivity contribution is 0.998. The first-order chi connectivity index (χ1) is 8.06. The van der Waals surface area contributed by atoms with Crippen molar-refractivity contribution in [3.05, 3.63) is 27.5 Å². The number of nitrogens with one attached hydrogen (secondary N) is 1. The molecule has 2 heterocycles. The molecule has 2 rings (SSSR count). The van der Waals surface area contributed by atoms with Crippen LogP contribution in [-0.4, -0.2) is 15.0 Å². The minimum atomic E-state index is 0.523. The van der Waals surface area contributed by atoms with Crippen molar-refractivity contribution in [3.8, 4) is 0 Å². The standard InChI is InChI=1S/C11H15N5S/c1-6-5-17-9(14-6)4-13-11-7(2)10(12)15-8(3)16-11/h5H,4H2,1-3H3,(H3,12,13,15,16). The predicted molar refractivity (Wildman–Crippen MR) is 70.1 cm³/mol. The van der Waals surface area contributed by atoms with Crippen LogP contribution in [0, 0.1) is 20.8 Å². The van der Waals surface area contributed by atoms with Crippen LogP contribution in [0.1, 0.15) is 22.1 Å². The molecule has 0 atom stereocenters. The second-order valence-corrected chi connectivity index (χ2v) is 4.81. The number of hydrogen-bond donors (Lipinski definition) is 2. The topological polar surface area (TPSA) is 76.7 Å². The van der Waals surface area contributed by atoms with Gasteiger partial charge >= 0.3 is 0 Å². The van der Waals surface area contributed by atoms with E-state index in [9.17, 15) is 0 Å². The van der Waals surface area contributed by atoms with Gasteiger partial charge in [-0.3, -0.25) is 0 Å². The molecule has 0 aliphatic carbocycles. The minimum absolute atomic E-state index is 0.523. The maximum atomic E-state index is 5.79. The van der Waals surface area contributed by atoms with Crippen molar-refractivity contribution in [1.82, 2.24) is 15.0 Å². The van der Waals surface area contributed by atoms with Crippen molar-refractivity contribution in [2.75, 3.05) is 11.1 Å². The van der Waals surface area contributed by atoms with Gasteiger partial charge in [0, 0.05) is 16.6 Å². The SMILES string of the molecule is Cc1csc(CNc2nc(C)nc(N)c2C)n1. The van der Waals surface area contributed by atoms with E-state index in [-0.39, 0.29) is 0 Å². The highest BCUT2D eigenvalue weighted by atomic mass is 32.1. The van der Waals surface area contributed by atoms with Crippen LogP contribution in [-0.2, 0) is 6.54 Å². The molecule has 0 aliphatic heterocycles. The molecule has 0 saturated carbocycles. The minimum Gasteiger partial charge on any atom is -0.383 e. The highest BCUT2D eigenvalue weighted by Gasteiger charge is 2.07. The highest BCUT2D eigenvalue weighted by molar-refractivity contribution is 7.09. The van der Waals surface area contributed by atoms with E-state index in [1.165, 1.54) is 0 Å². The second kappa shape index (κ2) is 4.67. The number of thiazole rings is 1. The molecule has 0 aromatic carbocycles. The molecule has 0 spiro atoms. The number of aryl methyl sites for hydroxylation is 2. The van der Waals surface area contributed by atoms with E-state index in [0.29, 0.717) is 18.2 Å². The molecular weight excluding hydrogens is 234 g/mol. The lowest BCUT2D eigenvalue weighted by Crippen LogP contribution is -2.08. The third-order valence-corrected chi connectivity index (χ3v) is 3.34. The predicted octanol–water partition coefficient (Wildman–Crippen LogP) is 2.05. The molecule has 0 saturated heterocycles. The van der Waals surface area contributed by atoms with Crippen molar-refractivity contribution >= 4 is 23.0 Å². The van der Waals surface area contributed by atoms with Crippen LogP contribution in [0.4, 0.5) is 11.6 Å². The summed E-state index contributed by atoms with van der Waals surface area (Å²) in [5.41, 5.74) is 7.71. The highest BCUT2D eigenvalue weighted by Crippen LogP contribution is 2.18. The quantitative estimate of drug-likeness (QED) is 0.870. The van der Waals surface area contributed by atoms with Crippen LogP contribution in [0.5, 0.6) is 0 Å². The first-order valence-electron chi connectivity index (χ1n) is 5.32. The Morgan fingerprint density at radius 2 is 2.00 bits per heavy atom. The fourth-order valence-electron chi connectivity index (χ4n) is 1.47. The Balaban J connectivity index is 2.14. The van der Waals surface area contributed by atoms with Gasteiger partial charge in [-0.25, -0.2) is 15.0 Å². The fraction of sp³-hybridized carbons (Fsp3) is 0.364. The number of anilines is 2. The Bertz CT molecular complexity index is 535. The van der Waals surface area contributed by atoms with Crippen molar-refractivity contribution in [1.29, 1.82) is 0 Å². The second-order valence-electron chi connectivity index (χ2n) is 3.87. The maximum absolute atomic E-state index is 5.79. The third kappa shape index (κ3) is 2.71. The van der Waals surface area contributed by atoms with Crippen LogP contribution >= 0.6 is 11.3 Å². The van der Waals surface area contributed by atoms with Crippen LogP contribution in [0.15, 0.2) is 5.38 Å². The summed E-state index contributed by atoms with van der Waals surface area (Å²) in [4.78, 5) is 12.8. The molecule has 0 fully saturated rings. The van der Waals surface area contributed by atoms with E-state index in [2.05, 4.69) is 20.3 Å². The molecule has 17 heavy (non-hydrogen) atoms. The summed E-state index contributed by atoms with van der Waals surface area (Å²) in [6.07, 6.45) is 0. The van der Waals surface area contributed by atoms with E-state index in [0.717, 1.165) is 22.1 Å². The Hall–Kier alpha value is -1.69. The summed E-state index contributed by atoms with van der Waals surface area (Å²) in [5, 5.41) is 6.31. The average Bonchev–Trinajstić information content (AvgIpc) is 2.67. The van der Waals surface area contributed by atoms with Gasteiger partial charge in [0.1, 0.15) is 22.5 Å². The van der Waals surface area contributed by atoms with Crippen molar-refractivity contribution < 1.29 is 0 Å². The van der Waals surface area contributed by atoms with E-state index in [1.54, 1.807) is 11.3 Å². The first-order valence-corrected chi connectivity index (χ1v) is 6.20. The van der Waals surface area contributed by atoms with Crippen LogP contribution in [0.3, 0.4) is 0 Å². The van der Waals surface area contributed by atoms with Gasteiger partial charge in [0.25, 0.3) is 0 Å². The lowest BCUT2D eigenvalue weighted by Gasteiger charge is -2.09. The van der Waals surface area contributed by atoms with Gasteiger partial charge in [-0.1, -0.05) is 0 Å². The van der Waals surface area contributed by atoms with E-state index >= 15 is 0 Å². The summed E-state index contributed by atoms with van der Waals surface area (Å²) in [6.45, 7) is 6.38. The van der Waals surface area contributed by atoms with Gasteiger partial charge in [-0.05, 0) is 20.8 Å². The Morgan fingerprint density at radius 3 is 2.65 bits per heavy atom. The molecule has 0 amide bonds. The van der Waals surface area contributed by atoms with Gasteiger partial charge in [0.2, 0.25) is 0 Å². The fourth-order valence-corrected chi connectivity index (χ4v) is 2.18. The molecule has 0 bridgehead atoms. The van der Waals surface area contributed by atoms with E-state index in [4.69, 9.17) is 5.73 Å². The monoisotopic (exact) mass is 249 g/mol. The zero-order valence-corrected chi connectivity index (χ0v) is 10.9. The normalized spacial score (nSPS) is 10.5. The van der Waals surface area contributed by atoms with Crippen LogP contribution in [0.2, 0.25) is 0 Å². The molecule has 2 aromatic heterocycles. The summed E-state index contributed by atoms with van der Waals surface area (Å²) in [7, 11) is 0. The molecule has 5 nitrogen and oxygen atoms in total. The molecule has 0 radical (unpaired) electrons. The number of hydrogen-bond acceptors (Lipinski definition) is 6. The molecule has 0 unspecified atom stereocenters. The summed E-state index contributed by atoms with van der Waals surface area (Å²) >= 11 is 1.63. The molecule has 6 heteroatoms. The summed E-state index contributed by atoms with van der Waals surface area (Å²) < 4.78 is 0. The van der Waals surface area contributed by atoms with Gasteiger partial charge in [-0.15, -0.1) is 11.3 Å². The van der Waals surface area contributed by atoms with E-state index < -0.39 is 0 Å². The Labute approximate surface area is 104 Å². The number of rotatable bonds is 3. The summed E-state index contributed by atoms with van der Waals surface area (Å²) in [5.74, 6) is 1.98. The van der Waals surface area contributed by atoms with Crippen LogP contribution in [0.25, 0.3) is 0 Å². The van der Waals surface area contributed by atoms with Gasteiger partial charge in [0.15, 0.2) is 0 Å². The smallest absolute Gasteiger partial charge is 0.135 e. The zero-order valence-electron chi connectivity index (χ0n) is 10.1. The molecule has 3 N–H and O–H groups in total. The Kier molecular flexibility index (Phi) is 3.23. The number of nitrogens with two attached hydrogens (primary N) is 1. The average molecular weight is 249 g/mol. The van der Waals surface area contributed by atoms with Crippen LogP contribution < -0.4 is 11.1 Å². The van der Waals surface area contributed by atoms with E-state index in [1.807, 2.05) is 26.2 Å². The molecule has 90 valence electrons. The molecular formula is C11H15N5S. The summed E-state index contributed by atoms with van der Waals surface area (Å²) in [6, 6.07) is 0. The third-order valence-electron chi connectivity index (χ3n) is 2.37. The number of nitrogens with zero attached hydrogens (tertiary/aromatic N) is 3. The molecule has 2 aromatic rings. The largest absolute Gasteiger partial charge is 0.383 e. The van der Waals surface area contributed by atoms with Gasteiger partial charge in [-0.2, -0.15) is 0 Å². The van der Waals surface area contributed by atoms with Crippen molar-refractivity contribution in [3.63, 3.8) is 0 Å². The number of nitrogen functional groups attached to an aromatic ring is 1. The first kappa shape index (κ1) is 11.8. The molecule has 0 aliphatic rings. The maximum Gasteiger partial charge on any atom is 0.135 e. The van der Waals surface area contributed by atoms with Crippen molar-refractivity contribution in [2.45, 2.75) is 27.3 Å². The van der Waals surface area contributed by atoms with Gasteiger partial charge < -0.3 is 11.1 Å². The van der Waals surface area contributed by atoms with Gasteiger partial charge in [0.05, 0.1) is 6.54 Å². The Morgan fingerprint density at radius 1 is 1.24 bits per heavy atom.